The van der Waals surface area contributed by atoms with Crippen molar-refractivity contribution in [2.45, 2.75) is 6.54 Å². The second kappa shape index (κ2) is 6.12. The molecule has 0 aliphatic heterocycles. The number of methoxy groups -OCH3 is 1. The Morgan fingerprint density at radius 2 is 1.95 bits per heavy atom. The van der Waals surface area contributed by atoms with Crippen molar-refractivity contribution >= 4 is 17.3 Å². The number of hydrogen-bond donors (Lipinski definition) is 1. The minimum atomic E-state index is 0.563. The molecule has 1 N–H and O–H groups in total. The third-order valence-corrected chi connectivity index (χ3v) is 3.00. The van der Waals surface area contributed by atoms with Crippen LogP contribution >= 0.6 is 11.6 Å². The van der Waals surface area contributed by atoms with Crippen LogP contribution in [0.15, 0.2) is 42.5 Å². The minimum absolute atomic E-state index is 0.563. The quantitative estimate of drug-likeness (QED) is 0.920. The van der Waals surface area contributed by atoms with Crippen LogP contribution in [0, 0.1) is 11.3 Å². The fourth-order valence-electron chi connectivity index (χ4n) is 1.77. The van der Waals surface area contributed by atoms with Crippen LogP contribution < -0.4 is 10.1 Å². The summed E-state index contributed by atoms with van der Waals surface area (Å²) in [4.78, 5) is 0. The fourth-order valence-corrected chi connectivity index (χ4v) is 1.90. The summed E-state index contributed by atoms with van der Waals surface area (Å²) in [6.45, 7) is 0.603. The third-order valence-electron chi connectivity index (χ3n) is 2.75. The van der Waals surface area contributed by atoms with Gasteiger partial charge in [-0.3, -0.25) is 0 Å². The lowest BCUT2D eigenvalue weighted by molar-refractivity contribution is 0.416. The average molecular weight is 273 g/mol. The van der Waals surface area contributed by atoms with Crippen LogP contribution in [0.1, 0.15) is 11.1 Å². The van der Waals surface area contributed by atoms with Gasteiger partial charge in [0.1, 0.15) is 11.8 Å². The Morgan fingerprint density at radius 3 is 2.58 bits per heavy atom. The van der Waals surface area contributed by atoms with Gasteiger partial charge in [-0.2, -0.15) is 5.26 Å². The number of rotatable bonds is 4. The smallest absolute Gasteiger partial charge is 0.143 e. The number of anilines is 1. The van der Waals surface area contributed by atoms with E-state index in [1.807, 2.05) is 30.3 Å². The summed E-state index contributed by atoms with van der Waals surface area (Å²) >= 11 is 5.84. The molecule has 0 radical (unpaired) electrons. The predicted molar refractivity (Wildman–Crippen MR) is 76.5 cm³/mol. The highest BCUT2D eigenvalue weighted by Gasteiger charge is 2.08. The summed E-state index contributed by atoms with van der Waals surface area (Å²) in [6, 6.07) is 15.1. The van der Waals surface area contributed by atoms with Gasteiger partial charge >= 0.3 is 0 Å². The zero-order valence-electron chi connectivity index (χ0n) is 10.5. The summed E-state index contributed by atoms with van der Waals surface area (Å²) in [6.07, 6.45) is 0. The third kappa shape index (κ3) is 3.18. The Hall–Kier alpha value is -2.18. The van der Waals surface area contributed by atoms with Gasteiger partial charge < -0.3 is 10.1 Å². The highest BCUT2D eigenvalue weighted by Crippen LogP contribution is 2.28. The standard InChI is InChI=1S/C15H13ClN2O/c1-19-14-4-2-3-12(9-17)15(14)18-10-11-5-7-13(16)8-6-11/h2-8,18H,10H2,1H3. The van der Waals surface area contributed by atoms with E-state index in [0.29, 0.717) is 28.6 Å². The van der Waals surface area contributed by atoms with E-state index in [-0.39, 0.29) is 0 Å². The monoisotopic (exact) mass is 272 g/mol. The van der Waals surface area contributed by atoms with Gasteiger partial charge in [-0.25, -0.2) is 0 Å². The van der Waals surface area contributed by atoms with Crippen molar-refractivity contribution in [3.63, 3.8) is 0 Å². The summed E-state index contributed by atoms with van der Waals surface area (Å²) in [5, 5.41) is 13.0. The molecule has 19 heavy (non-hydrogen) atoms. The number of nitriles is 1. The Labute approximate surface area is 117 Å². The number of nitrogens with zero attached hydrogens (tertiary/aromatic N) is 1. The lowest BCUT2D eigenvalue weighted by atomic mass is 10.1. The van der Waals surface area contributed by atoms with Crippen molar-refractivity contribution in [3.05, 3.63) is 58.6 Å². The molecular weight excluding hydrogens is 260 g/mol. The average Bonchev–Trinajstić information content (AvgIpc) is 2.46. The van der Waals surface area contributed by atoms with Gasteiger partial charge in [-0.1, -0.05) is 29.8 Å². The molecule has 0 amide bonds. The van der Waals surface area contributed by atoms with Crippen LogP contribution in [-0.2, 0) is 6.54 Å². The van der Waals surface area contributed by atoms with Crippen LogP contribution in [0.4, 0.5) is 5.69 Å². The first-order chi connectivity index (χ1) is 9.24. The Kier molecular flexibility index (Phi) is 4.27. The van der Waals surface area contributed by atoms with E-state index in [9.17, 15) is 0 Å². The SMILES string of the molecule is COc1cccc(C#N)c1NCc1ccc(Cl)cc1. The zero-order chi connectivity index (χ0) is 13.7. The van der Waals surface area contributed by atoms with E-state index in [2.05, 4.69) is 11.4 Å². The Morgan fingerprint density at radius 1 is 1.21 bits per heavy atom. The van der Waals surface area contributed by atoms with Crippen molar-refractivity contribution in [1.29, 1.82) is 5.26 Å². The molecule has 0 spiro atoms. The highest BCUT2D eigenvalue weighted by atomic mass is 35.5. The molecule has 4 heteroatoms. The number of ether oxygens (including phenoxy) is 1. The zero-order valence-corrected chi connectivity index (χ0v) is 11.2. The van der Waals surface area contributed by atoms with Crippen LogP contribution in [0.5, 0.6) is 5.75 Å². The largest absolute Gasteiger partial charge is 0.495 e. The summed E-state index contributed by atoms with van der Waals surface area (Å²) < 4.78 is 5.26. The molecule has 0 bridgehead atoms. The number of hydrogen-bond acceptors (Lipinski definition) is 3. The molecule has 0 fully saturated rings. The predicted octanol–water partition coefficient (Wildman–Crippen LogP) is 3.83. The lowest BCUT2D eigenvalue weighted by Crippen LogP contribution is -2.03. The molecule has 3 nitrogen and oxygen atoms in total. The number of nitrogens with one attached hydrogen (secondary N) is 1. The van der Waals surface area contributed by atoms with Gasteiger partial charge in [0.15, 0.2) is 0 Å². The first-order valence-corrected chi connectivity index (χ1v) is 6.18. The molecule has 96 valence electrons. The van der Waals surface area contributed by atoms with Crippen LogP contribution in [-0.4, -0.2) is 7.11 Å². The van der Waals surface area contributed by atoms with Crippen LogP contribution in [0.25, 0.3) is 0 Å². The maximum Gasteiger partial charge on any atom is 0.143 e. The maximum atomic E-state index is 9.11. The van der Waals surface area contributed by atoms with Gasteiger partial charge in [0.25, 0.3) is 0 Å². The number of benzene rings is 2. The second-order valence-electron chi connectivity index (χ2n) is 3.97. The molecule has 0 saturated carbocycles. The fraction of sp³-hybridized carbons (Fsp3) is 0.133. The highest BCUT2D eigenvalue weighted by molar-refractivity contribution is 6.30. The molecule has 0 aliphatic carbocycles. The lowest BCUT2D eigenvalue weighted by Gasteiger charge is -2.12. The molecule has 0 heterocycles. The summed E-state index contributed by atoms with van der Waals surface area (Å²) in [7, 11) is 1.59. The van der Waals surface area contributed by atoms with Gasteiger partial charge in [-0.15, -0.1) is 0 Å². The molecule has 0 aliphatic rings. The van der Waals surface area contributed by atoms with E-state index in [4.69, 9.17) is 21.6 Å². The molecule has 0 atom stereocenters. The van der Waals surface area contributed by atoms with Crippen LogP contribution in [0.2, 0.25) is 5.02 Å². The van der Waals surface area contributed by atoms with Gasteiger partial charge in [0, 0.05) is 11.6 Å². The topological polar surface area (TPSA) is 45.0 Å². The van der Waals surface area contributed by atoms with Crippen molar-refractivity contribution in [3.8, 4) is 11.8 Å². The molecule has 2 aromatic carbocycles. The molecular formula is C15H13ClN2O. The normalized spacial score (nSPS) is 9.74. The summed E-state index contributed by atoms with van der Waals surface area (Å²) in [5.41, 5.74) is 2.36. The number of para-hydroxylation sites is 1. The Balaban J connectivity index is 2.19. The minimum Gasteiger partial charge on any atom is -0.495 e. The van der Waals surface area contributed by atoms with E-state index >= 15 is 0 Å². The van der Waals surface area contributed by atoms with E-state index < -0.39 is 0 Å². The van der Waals surface area contributed by atoms with Crippen molar-refractivity contribution < 1.29 is 4.74 Å². The molecule has 0 saturated heterocycles. The van der Waals surface area contributed by atoms with Crippen molar-refractivity contribution in [2.75, 3.05) is 12.4 Å². The van der Waals surface area contributed by atoms with E-state index in [1.54, 1.807) is 19.2 Å². The molecule has 2 aromatic rings. The second-order valence-corrected chi connectivity index (χ2v) is 4.41. The first kappa shape index (κ1) is 13.3. The maximum absolute atomic E-state index is 9.11. The van der Waals surface area contributed by atoms with E-state index in [0.717, 1.165) is 5.56 Å². The molecule has 0 aromatic heterocycles. The number of halogens is 1. The van der Waals surface area contributed by atoms with Crippen LogP contribution in [0.3, 0.4) is 0 Å². The first-order valence-electron chi connectivity index (χ1n) is 5.80. The summed E-state index contributed by atoms with van der Waals surface area (Å²) in [5.74, 6) is 0.660. The molecule has 2 rings (SSSR count). The van der Waals surface area contributed by atoms with Crippen molar-refractivity contribution in [1.82, 2.24) is 0 Å². The van der Waals surface area contributed by atoms with Gasteiger partial charge in [-0.05, 0) is 29.8 Å². The molecule has 0 unspecified atom stereocenters. The Bertz CT molecular complexity index is 603. The van der Waals surface area contributed by atoms with Crippen molar-refractivity contribution in [2.24, 2.45) is 0 Å². The van der Waals surface area contributed by atoms with E-state index in [1.165, 1.54) is 0 Å². The van der Waals surface area contributed by atoms with Gasteiger partial charge in [0.2, 0.25) is 0 Å². The van der Waals surface area contributed by atoms with Gasteiger partial charge in [0.05, 0.1) is 18.4 Å².